The first-order valence-corrected chi connectivity index (χ1v) is 15.0. The van der Waals surface area contributed by atoms with Crippen LogP contribution >= 0.6 is 0 Å². The van der Waals surface area contributed by atoms with Crippen molar-refractivity contribution in [1.82, 2.24) is 30.2 Å². The molecule has 0 spiro atoms. The molecule has 18 nitrogen and oxygen atoms in total. The molecule has 2 amide bonds. The summed E-state index contributed by atoms with van der Waals surface area (Å²) in [5, 5.41) is 32.9. The quantitative estimate of drug-likeness (QED) is 0.0424. The van der Waals surface area contributed by atoms with Crippen molar-refractivity contribution >= 4 is 35.9 Å². The van der Waals surface area contributed by atoms with Gasteiger partial charge in [0.2, 0.25) is 5.91 Å². The summed E-state index contributed by atoms with van der Waals surface area (Å²) in [6, 6.07) is 7.67. The zero-order chi connectivity index (χ0) is 35.3. The van der Waals surface area contributed by atoms with Gasteiger partial charge < -0.3 is 34.8 Å². The summed E-state index contributed by atoms with van der Waals surface area (Å²) < 4.78 is 15.3. The SMILES string of the molecule is C#CNC(=O)c1ccc(OC(=O)OCCOCCNC(=O)CN2CCN(CC(=O)O)CCN(CC(=O)O)CCN(CC(=O)O)CC2)cc1. The van der Waals surface area contributed by atoms with E-state index in [1.54, 1.807) is 19.6 Å². The fourth-order valence-electron chi connectivity index (χ4n) is 4.53. The molecular weight excluding hydrogens is 636 g/mol. The van der Waals surface area contributed by atoms with Gasteiger partial charge in [-0.25, -0.2) is 4.79 Å². The molecular formula is C30H42N6O12. The number of carbonyl (C=O) groups is 6. The second-order valence-electron chi connectivity index (χ2n) is 10.6. The predicted molar refractivity (Wildman–Crippen MR) is 167 cm³/mol. The van der Waals surface area contributed by atoms with E-state index in [4.69, 9.17) is 20.6 Å². The summed E-state index contributed by atoms with van der Waals surface area (Å²) in [6.07, 6.45) is 4.05. The minimum atomic E-state index is -1.04. The topological polar surface area (TPSA) is 228 Å². The highest BCUT2D eigenvalue weighted by Crippen LogP contribution is 2.13. The molecule has 264 valence electrons. The Hall–Kier alpha value is -4.80. The number of aliphatic carboxylic acids is 3. The van der Waals surface area contributed by atoms with Crippen molar-refractivity contribution in [2.45, 2.75) is 0 Å². The minimum Gasteiger partial charge on any atom is -0.480 e. The molecule has 0 aromatic heterocycles. The standard InChI is InChI=1S/C30H42N6O12/c1-2-31-29(44)23-3-5-24(6-4-23)48-30(45)47-18-17-46-16-7-32-25(37)19-33-8-10-34(20-26(38)39)12-14-36(22-28(42)43)15-13-35(11-9-33)21-27(40)41/h1,3-6H,7-22H2,(H,31,44)(H,32,37)(H,38,39)(H,40,41)(H,42,43). The van der Waals surface area contributed by atoms with Crippen LogP contribution in [0.1, 0.15) is 10.4 Å². The van der Waals surface area contributed by atoms with Gasteiger partial charge >= 0.3 is 24.1 Å². The van der Waals surface area contributed by atoms with E-state index in [2.05, 4.69) is 10.6 Å². The number of nitrogens with zero attached hydrogens (tertiary/aromatic N) is 4. The first-order valence-electron chi connectivity index (χ1n) is 15.0. The third-order valence-corrected chi connectivity index (χ3v) is 6.89. The molecule has 0 aliphatic carbocycles. The van der Waals surface area contributed by atoms with Gasteiger partial charge in [-0.05, 0) is 24.3 Å². The highest BCUT2D eigenvalue weighted by atomic mass is 16.7. The summed E-state index contributed by atoms with van der Waals surface area (Å²) in [5.74, 6) is -3.76. The number of hydrogen-bond donors (Lipinski definition) is 5. The molecule has 1 heterocycles. The normalized spacial score (nSPS) is 15.6. The van der Waals surface area contributed by atoms with Crippen LogP contribution in [0.4, 0.5) is 4.79 Å². The van der Waals surface area contributed by atoms with Gasteiger partial charge in [0.1, 0.15) is 12.4 Å². The van der Waals surface area contributed by atoms with Gasteiger partial charge in [-0.2, -0.15) is 0 Å². The van der Waals surface area contributed by atoms with E-state index in [1.165, 1.54) is 24.3 Å². The zero-order valence-corrected chi connectivity index (χ0v) is 26.5. The minimum absolute atomic E-state index is 0.0303. The van der Waals surface area contributed by atoms with Gasteiger partial charge in [0, 0.05) is 70.5 Å². The Morgan fingerprint density at radius 3 is 1.58 bits per heavy atom. The molecule has 18 heteroatoms. The molecule has 48 heavy (non-hydrogen) atoms. The summed E-state index contributed by atoms with van der Waals surface area (Å²) >= 11 is 0. The van der Waals surface area contributed by atoms with Gasteiger partial charge in [0.15, 0.2) is 0 Å². The molecule has 1 fully saturated rings. The van der Waals surface area contributed by atoms with Crippen molar-refractivity contribution < 1.29 is 58.3 Å². The van der Waals surface area contributed by atoms with E-state index in [-0.39, 0.29) is 95.9 Å². The smallest absolute Gasteiger partial charge is 0.480 e. The molecule has 0 atom stereocenters. The Labute approximate surface area is 277 Å². The lowest BCUT2D eigenvalue weighted by atomic mass is 10.2. The van der Waals surface area contributed by atoms with Crippen LogP contribution in [0.15, 0.2) is 24.3 Å². The molecule has 5 N–H and O–H groups in total. The largest absolute Gasteiger partial charge is 0.513 e. The average molecular weight is 679 g/mol. The van der Waals surface area contributed by atoms with E-state index >= 15 is 0 Å². The Morgan fingerprint density at radius 2 is 1.15 bits per heavy atom. The van der Waals surface area contributed by atoms with Crippen LogP contribution in [0.3, 0.4) is 0 Å². The van der Waals surface area contributed by atoms with E-state index in [0.717, 1.165) is 0 Å². The van der Waals surface area contributed by atoms with Gasteiger partial charge in [-0.1, -0.05) is 6.42 Å². The van der Waals surface area contributed by atoms with Crippen molar-refractivity contribution in [2.75, 3.05) is 105 Å². The Kier molecular flexibility index (Phi) is 18.0. The first-order chi connectivity index (χ1) is 22.9. The number of carboxylic acids is 3. The molecule has 2 rings (SSSR count). The fourth-order valence-corrected chi connectivity index (χ4v) is 4.53. The summed E-state index contributed by atoms with van der Waals surface area (Å²) in [5.41, 5.74) is 0.282. The van der Waals surface area contributed by atoms with Crippen LogP contribution in [-0.2, 0) is 28.7 Å². The number of amides is 2. The second kappa shape index (κ2) is 21.9. The average Bonchev–Trinajstić information content (AvgIpc) is 3.01. The Morgan fingerprint density at radius 1 is 0.688 bits per heavy atom. The van der Waals surface area contributed by atoms with Crippen molar-refractivity contribution in [1.29, 1.82) is 0 Å². The van der Waals surface area contributed by atoms with Gasteiger partial charge in [0.25, 0.3) is 5.91 Å². The predicted octanol–water partition coefficient (Wildman–Crippen LogP) is -1.87. The molecule has 1 aromatic carbocycles. The maximum absolute atomic E-state index is 12.7. The Balaban J connectivity index is 1.77. The van der Waals surface area contributed by atoms with Gasteiger partial charge in [-0.3, -0.25) is 48.9 Å². The van der Waals surface area contributed by atoms with E-state index < -0.39 is 30.0 Å². The zero-order valence-electron chi connectivity index (χ0n) is 26.5. The molecule has 1 aromatic rings. The number of ether oxygens (including phenoxy) is 3. The maximum Gasteiger partial charge on any atom is 0.513 e. The van der Waals surface area contributed by atoms with Crippen LogP contribution in [0.25, 0.3) is 0 Å². The highest BCUT2D eigenvalue weighted by molar-refractivity contribution is 5.95. The van der Waals surface area contributed by atoms with Crippen molar-refractivity contribution in [2.24, 2.45) is 0 Å². The summed E-state index contributed by atoms with van der Waals surface area (Å²) in [4.78, 5) is 77.2. The van der Waals surface area contributed by atoms with Crippen LogP contribution in [-0.4, -0.2) is 176 Å². The molecule has 1 saturated heterocycles. The second-order valence-corrected chi connectivity index (χ2v) is 10.6. The van der Waals surface area contributed by atoms with Gasteiger partial charge in [0.05, 0.1) is 39.4 Å². The lowest BCUT2D eigenvalue weighted by molar-refractivity contribution is -0.140. The maximum atomic E-state index is 12.7. The third-order valence-electron chi connectivity index (χ3n) is 6.89. The number of rotatable bonds is 16. The van der Waals surface area contributed by atoms with Crippen LogP contribution in [0.2, 0.25) is 0 Å². The fraction of sp³-hybridized carbons (Fsp3) is 0.533. The van der Waals surface area contributed by atoms with Crippen LogP contribution < -0.4 is 15.4 Å². The van der Waals surface area contributed by atoms with Crippen LogP contribution in [0, 0.1) is 12.5 Å². The third kappa shape index (κ3) is 17.2. The highest BCUT2D eigenvalue weighted by Gasteiger charge is 2.21. The molecule has 1 aliphatic heterocycles. The molecule has 0 unspecified atom stereocenters. The number of nitrogens with one attached hydrogen (secondary N) is 2. The lowest BCUT2D eigenvalue weighted by Crippen LogP contribution is -2.50. The Bertz CT molecular complexity index is 1240. The number of carbonyl (C=O) groups excluding carboxylic acids is 3. The molecule has 0 saturated carbocycles. The number of hydrogen-bond acceptors (Lipinski definition) is 13. The summed E-state index contributed by atoms with van der Waals surface area (Å²) in [7, 11) is 0. The van der Waals surface area contributed by atoms with E-state index in [9.17, 15) is 44.1 Å². The molecule has 0 radical (unpaired) electrons. The van der Waals surface area contributed by atoms with Crippen molar-refractivity contribution in [3.8, 4) is 18.2 Å². The number of carboxylic acid groups (broad SMARTS) is 3. The van der Waals surface area contributed by atoms with E-state index in [1.807, 2.05) is 6.04 Å². The monoisotopic (exact) mass is 678 g/mol. The molecule has 0 bridgehead atoms. The van der Waals surface area contributed by atoms with Gasteiger partial charge in [-0.15, -0.1) is 0 Å². The summed E-state index contributed by atoms with van der Waals surface area (Å²) in [6.45, 7) is 1.71. The number of benzene rings is 1. The van der Waals surface area contributed by atoms with E-state index in [0.29, 0.717) is 26.2 Å². The van der Waals surface area contributed by atoms with Crippen molar-refractivity contribution in [3.05, 3.63) is 29.8 Å². The first kappa shape index (κ1) is 39.4. The lowest BCUT2D eigenvalue weighted by Gasteiger charge is -2.32. The van der Waals surface area contributed by atoms with Crippen molar-refractivity contribution in [3.63, 3.8) is 0 Å². The molecule has 1 aliphatic rings. The number of terminal acetylenes is 1. The van der Waals surface area contributed by atoms with Crippen LogP contribution in [0.5, 0.6) is 5.75 Å².